The molecule has 0 bridgehead atoms. The Kier molecular flexibility index (Phi) is 4.70. The molecule has 2 aromatic carbocycles. The highest BCUT2D eigenvalue weighted by molar-refractivity contribution is 7.91. The smallest absolute Gasteiger partial charge is 0.186 e. The van der Waals surface area contributed by atoms with Crippen LogP contribution in [0.5, 0.6) is 0 Å². The average Bonchev–Trinajstić information content (AvgIpc) is 2.42. The highest BCUT2D eigenvalue weighted by Crippen LogP contribution is 2.29. The van der Waals surface area contributed by atoms with Crippen LogP contribution in [0.3, 0.4) is 0 Å². The summed E-state index contributed by atoms with van der Waals surface area (Å²) in [6.07, 6.45) is 0. The minimum Gasteiger partial charge on any atom is -0.329 e. The summed E-state index contributed by atoms with van der Waals surface area (Å²) in [6.45, 7) is -0.00735. The molecule has 0 fully saturated rings. The van der Waals surface area contributed by atoms with Crippen molar-refractivity contribution in [2.24, 2.45) is 5.73 Å². The van der Waals surface area contributed by atoms with Crippen molar-refractivity contribution >= 4 is 33.0 Å². The molecule has 0 aromatic heterocycles. The topological polar surface area (TPSA) is 60.2 Å². The van der Waals surface area contributed by atoms with Gasteiger partial charge in [0.1, 0.15) is 5.25 Å². The minimum absolute atomic E-state index is 0.00735. The molecule has 3 nitrogen and oxygen atoms in total. The maximum absolute atomic E-state index is 12.6. The summed E-state index contributed by atoms with van der Waals surface area (Å²) in [6, 6.07) is 12.7. The first-order valence-corrected chi connectivity index (χ1v) is 8.20. The van der Waals surface area contributed by atoms with Gasteiger partial charge in [-0.1, -0.05) is 35.3 Å². The normalized spacial score (nSPS) is 13.2. The lowest BCUT2D eigenvalue weighted by Crippen LogP contribution is -2.22. The van der Waals surface area contributed by atoms with Crippen molar-refractivity contribution < 1.29 is 8.42 Å². The van der Waals surface area contributed by atoms with Crippen LogP contribution in [0.1, 0.15) is 10.8 Å². The lowest BCUT2D eigenvalue weighted by molar-refractivity contribution is 0.582. The zero-order valence-corrected chi connectivity index (χ0v) is 12.8. The number of hydrogen-bond donors (Lipinski definition) is 1. The summed E-state index contributed by atoms with van der Waals surface area (Å²) >= 11 is 11.6. The molecule has 0 heterocycles. The Balaban J connectivity index is 2.44. The standard InChI is InChI=1S/C14H13Cl2NO2S/c15-11-3-1-10(2-4-11)14(9-17)20(18,19)13-7-5-12(16)6-8-13/h1-8,14H,9,17H2/t14-/m1/s1. The Morgan fingerprint density at radius 1 is 0.900 bits per heavy atom. The molecular formula is C14H13Cl2NO2S. The molecule has 0 amide bonds. The van der Waals surface area contributed by atoms with Crippen molar-refractivity contribution in [3.05, 3.63) is 64.1 Å². The second kappa shape index (κ2) is 6.14. The molecule has 0 radical (unpaired) electrons. The van der Waals surface area contributed by atoms with E-state index in [1.807, 2.05) is 0 Å². The molecule has 0 saturated carbocycles. The first kappa shape index (κ1) is 15.3. The van der Waals surface area contributed by atoms with Crippen molar-refractivity contribution in [3.8, 4) is 0 Å². The molecule has 0 spiro atoms. The van der Waals surface area contributed by atoms with Crippen LogP contribution in [0.25, 0.3) is 0 Å². The Morgan fingerprint density at radius 3 is 1.80 bits per heavy atom. The van der Waals surface area contributed by atoms with Gasteiger partial charge in [0.05, 0.1) is 4.90 Å². The molecule has 0 aliphatic carbocycles. The number of rotatable bonds is 4. The summed E-state index contributed by atoms with van der Waals surface area (Å²) in [5.74, 6) is 0. The molecule has 106 valence electrons. The highest BCUT2D eigenvalue weighted by Gasteiger charge is 2.27. The first-order chi connectivity index (χ1) is 9.45. The van der Waals surface area contributed by atoms with Crippen LogP contribution in [-0.2, 0) is 9.84 Å². The first-order valence-electron chi connectivity index (χ1n) is 5.90. The minimum atomic E-state index is -3.56. The van der Waals surface area contributed by atoms with Crippen LogP contribution >= 0.6 is 23.2 Å². The zero-order chi connectivity index (χ0) is 14.8. The molecule has 20 heavy (non-hydrogen) atoms. The van der Waals surface area contributed by atoms with Gasteiger partial charge in [-0.05, 0) is 42.0 Å². The van der Waals surface area contributed by atoms with Crippen molar-refractivity contribution in [2.45, 2.75) is 10.1 Å². The average molecular weight is 330 g/mol. The molecule has 6 heteroatoms. The van der Waals surface area contributed by atoms with Gasteiger partial charge in [-0.25, -0.2) is 8.42 Å². The third kappa shape index (κ3) is 3.15. The van der Waals surface area contributed by atoms with Gasteiger partial charge in [0, 0.05) is 16.6 Å². The van der Waals surface area contributed by atoms with E-state index in [-0.39, 0.29) is 11.4 Å². The van der Waals surface area contributed by atoms with Crippen molar-refractivity contribution in [1.29, 1.82) is 0 Å². The summed E-state index contributed by atoms with van der Waals surface area (Å²) in [7, 11) is -3.56. The molecule has 0 saturated heterocycles. The monoisotopic (exact) mass is 329 g/mol. The highest BCUT2D eigenvalue weighted by atomic mass is 35.5. The summed E-state index contributed by atoms with van der Waals surface area (Å²) in [5, 5.41) is 0.231. The van der Waals surface area contributed by atoms with E-state index in [9.17, 15) is 8.42 Å². The van der Waals surface area contributed by atoms with Crippen LogP contribution in [0.4, 0.5) is 0 Å². The summed E-state index contributed by atoms with van der Waals surface area (Å²) in [5.41, 5.74) is 6.28. The third-order valence-corrected chi connectivity index (χ3v) is 5.62. The molecule has 0 aliphatic heterocycles. The van der Waals surface area contributed by atoms with Crippen molar-refractivity contribution in [3.63, 3.8) is 0 Å². The van der Waals surface area contributed by atoms with Crippen LogP contribution in [0.15, 0.2) is 53.4 Å². The number of hydrogen-bond acceptors (Lipinski definition) is 3. The van der Waals surface area contributed by atoms with Gasteiger partial charge >= 0.3 is 0 Å². The van der Waals surface area contributed by atoms with Crippen LogP contribution < -0.4 is 5.73 Å². The number of halogens is 2. The Labute approximate surface area is 128 Å². The molecule has 2 N–H and O–H groups in total. The molecule has 2 aromatic rings. The molecular weight excluding hydrogens is 317 g/mol. The number of benzene rings is 2. The van der Waals surface area contributed by atoms with E-state index in [2.05, 4.69) is 0 Å². The van der Waals surface area contributed by atoms with E-state index in [0.29, 0.717) is 15.6 Å². The quantitative estimate of drug-likeness (QED) is 0.934. The Hall–Kier alpha value is -1.07. The van der Waals surface area contributed by atoms with Gasteiger partial charge in [0.2, 0.25) is 0 Å². The SMILES string of the molecule is NC[C@H](c1ccc(Cl)cc1)S(=O)(=O)c1ccc(Cl)cc1. The molecule has 1 atom stereocenters. The van der Waals surface area contributed by atoms with E-state index in [0.717, 1.165) is 0 Å². The Morgan fingerprint density at radius 2 is 1.35 bits per heavy atom. The van der Waals surface area contributed by atoms with E-state index in [4.69, 9.17) is 28.9 Å². The third-order valence-electron chi connectivity index (χ3n) is 2.97. The summed E-state index contributed by atoms with van der Waals surface area (Å²) in [4.78, 5) is 0.201. The van der Waals surface area contributed by atoms with E-state index in [1.165, 1.54) is 12.1 Å². The van der Waals surface area contributed by atoms with Gasteiger partial charge in [0.25, 0.3) is 0 Å². The van der Waals surface area contributed by atoms with Gasteiger partial charge in [-0.15, -0.1) is 0 Å². The Bertz CT molecular complexity index is 682. The predicted octanol–water partition coefficient (Wildman–Crippen LogP) is 3.47. The second-order valence-corrected chi connectivity index (χ2v) is 7.28. The van der Waals surface area contributed by atoms with Crippen molar-refractivity contribution in [2.75, 3.05) is 6.54 Å². The predicted molar refractivity (Wildman–Crippen MR) is 81.9 cm³/mol. The fourth-order valence-electron chi connectivity index (χ4n) is 1.91. The largest absolute Gasteiger partial charge is 0.329 e. The number of sulfone groups is 1. The van der Waals surface area contributed by atoms with Crippen LogP contribution in [-0.4, -0.2) is 15.0 Å². The van der Waals surface area contributed by atoms with Crippen molar-refractivity contribution in [1.82, 2.24) is 0 Å². The molecule has 2 rings (SSSR count). The molecule has 0 unspecified atom stereocenters. The van der Waals surface area contributed by atoms with Crippen LogP contribution in [0, 0.1) is 0 Å². The van der Waals surface area contributed by atoms with Gasteiger partial charge in [-0.3, -0.25) is 0 Å². The van der Waals surface area contributed by atoms with Gasteiger partial charge < -0.3 is 5.73 Å². The fourth-order valence-corrected chi connectivity index (χ4v) is 3.77. The maximum atomic E-state index is 12.6. The number of nitrogens with two attached hydrogens (primary N) is 1. The van der Waals surface area contributed by atoms with E-state index in [1.54, 1.807) is 36.4 Å². The van der Waals surface area contributed by atoms with Gasteiger partial charge in [0.15, 0.2) is 9.84 Å². The van der Waals surface area contributed by atoms with E-state index < -0.39 is 15.1 Å². The lowest BCUT2D eigenvalue weighted by atomic mass is 10.1. The van der Waals surface area contributed by atoms with Gasteiger partial charge in [-0.2, -0.15) is 0 Å². The lowest BCUT2D eigenvalue weighted by Gasteiger charge is -2.16. The fraction of sp³-hybridized carbons (Fsp3) is 0.143. The molecule has 0 aliphatic rings. The zero-order valence-electron chi connectivity index (χ0n) is 10.5. The summed E-state index contributed by atoms with van der Waals surface area (Å²) < 4.78 is 25.2. The van der Waals surface area contributed by atoms with Crippen LogP contribution in [0.2, 0.25) is 10.0 Å². The van der Waals surface area contributed by atoms with E-state index >= 15 is 0 Å². The maximum Gasteiger partial charge on any atom is 0.186 e. The second-order valence-electron chi connectivity index (χ2n) is 4.27.